The van der Waals surface area contributed by atoms with E-state index in [1.54, 1.807) is 18.2 Å². The number of carbonyl (C=O) groups is 1. The van der Waals surface area contributed by atoms with Crippen molar-refractivity contribution in [1.82, 2.24) is 4.98 Å². The maximum atomic E-state index is 12.8. The second-order valence-electron chi connectivity index (χ2n) is 4.31. The van der Waals surface area contributed by atoms with Gasteiger partial charge in [0.15, 0.2) is 0 Å². The zero-order valence-corrected chi connectivity index (χ0v) is 11.4. The summed E-state index contributed by atoms with van der Waals surface area (Å²) in [5.41, 5.74) is 1.99. The third kappa shape index (κ3) is 3.88. The maximum Gasteiger partial charge on any atom is 0.256 e. The van der Waals surface area contributed by atoms with Crippen molar-refractivity contribution in [3.8, 4) is 11.8 Å². The third-order valence-corrected chi connectivity index (χ3v) is 2.77. The predicted molar refractivity (Wildman–Crippen MR) is 77.3 cm³/mol. The van der Waals surface area contributed by atoms with E-state index in [0.29, 0.717) is 11.1 Å². The van der Waals surface area contributed by atoms with Crippen LogP contribution in [0, 0.1) is 24.6 Å². The van der Waals surface area contributed by atoms with Crippen LogP contribution in [0.4, 0.5) is 10.2 Å². The Labute approximate surface area is 121 Å². The van der Waals surface area contributed by atoms with Crippen molar-refractivity contribution in [3.63, 3.8) is 0 Å². The van der Waals surface area contributed by atoms with E-state index in [1.165, 1.54) is 12.1 Å². The lowest BCUT2D eigenvalue weighted by atomic mass is 10.0. The largest absolute Gasteiger partial charge is 0.384 e. The van der Waals surface area contributed by atoms with E-state index in [2.05, 4.69) is 22.1 Å². The summed E-state index contributed by atoms with van der Waals surface area (Å²) in [5.74, 6) is 4.77. The molecule has 0 aliphatic heterocycles. The van der Waals surface area contributed by atoms with Crippen LogP contribution in [-0.2, 0) is 0 Å². The molecule has 0 spiro atoms. The highest BCUT2D eigenvalue weighted by Crippen LogP contribution is 2.12. The van der Waals surface area contributed by atoms with Crippen molar-refractivity contribution in [1.29, 1.82) is 0 Å². The van der Waals surface area contributed by atoms with Gasteiger partial charge in [0.05, 0.1) is 6.20 Å². The van der Waals surface area contributed by atoms with Crippen LogP contribution in [0.3, 0.4) is 0 Å². The van der Waals surface area contributed by atoms with E-state index in [4.69, 9.17) is 5.11 Å². The predicted octanol–water partition coefficient (Wildman–Crippen LogP) is 2.13. The number of aromatic nitrogens is 1. The van der Waals surface area contributed by atoms with Gasteiger partial charge in [0.25, 0.3) is 5.91 Å². The van der Waals surface area contributed by atoms with Crippen LogP contribution in [0.15, 0.2) is 36.5 Å². The summed E-state index contributed by atoms with van der Waals surface area (Å²) in [4.78, 5) is 15.9. The third-order valence-electron chi connectivity index (χ3n) is 2.77. The quantitative estimate of drug-likeness (QED) is 0.830. The van der Waals surface area contributed by atoms with Crippen molar-refractivity contribution in [2.24, 2.45) is 0 Å². The molecule has 0 unspecified atom stereocenters. The van der Waals surface area contributed by atoms with Gasteiger partial charge in [-0.15, -0.1) is 0 Å². The molecule has 1 amide bonds. The zero-order chi connectivity index (χ0) is 15.2. The molecule has 106 valence electrons. The molecule has 0 aliphatic carbocycles. The van der Waals surface area contributed by atoms with E-state index >= 15 is 0 Å². The highest BCUT2D eigenvalue weighted by molar-refractivity contribution is 6.04. The molecular weight excluding hydrogens is 271 g/mol. The summed E-state index contributed by atoms with van der Waals surface area (Å²) >= 11 is 0. The average Bonchev–Trinajstić information content (AvgIpc) is 2.48. The molecule has 1 aromatic carbocycles. The number of carbonyl (C=O) groups excluding carboxylic acids is 1. The van der Waals surface area contributed by atoms with Crippen LogP contribution in [0.5, 0.6) is 0 Å². The molecule has 0 saturated heterocycles. The van der Waals surface area contributed by atoms with Crippen molar-refractivity contribution < 1.29 is 14.3 Å². The minimum Gasteiger partial charge on any atom is -0.384 e. The lowest BCUT2D eigenvalue weighted by Gasteiger charge is -2.06. The Morgan fingerprint density at radius 2 is 2.19 bits per heavy atom. The fourth-order valence-electron chi connectivity index (χ4n) is 1.67. The lowest BCUT2D eigenvalue weighted by Crippen LogP contribution is -2.13. The number of hydrogen-bond donors (Lipinski definition) is 2. The number of pyridine rings is 1. The Morgan fingerprint density at radius 1 is 1.38 bits per heavy atom. The van der Waals surface area contributed by atoms with Crippen molar-refractivity contribution in [2.75, 3.05) is 11.9 Å². The van der Waals surface area contributed by atoms with Gasteiger partial charge in [-0.05, 0) is 36.8 Å². The molecule has 2 rings (SSSR count). The number of halogens is 1. The minimum absolute atomic E-state index is 0.241. The first-order valence-electron chi connectivity index (χ1n) is 6.23. The van der Waals surface area contributed by atoms with Gasteiger partial charge in [-0.3, -0.25) is 4.79 Å². The van der Waals surface area contributed by atoms with Gasteiger partial charge in [0.2, 0.25) is 0 Å². The monoisotopic (exact) mass is 284 g/mol. The first-order valence-corrected chi connectivity index (χ1v) is 6.23. The van der Waals surface area contributed by atoms with Crippen LogP contribution in [-0.4, -0.2) is 22.6 Å². The number of benzene rings is 1. The number of aliphatic hydroxyl groups excluding tert-OH is 1. The summed E-state index contributed by atoms with van der Waals surface area (Å²) < 4.78 is 12.8. The summed E-state index contributed by atoms with van der Waals surface area (Å²) in [6.07, 6.45) is 1.03. The van der Waals surface area contributed by atoms with Crippen LogP contribution < -0.4 is 5.32 Å². The van der Waals surface area contributed by atoms with Gasteiger partial charge in [0, 0.05) is 11.1 Å². The topological polar surface area (TPSA) is 62.2 Å². The van der Waals surface area contributed by atoms with Gasteiger partial charge in [0.1, 0.15) is 18.2 Å². The molecule has 1 heterocycles. The van der Waals surface area contributed by atoms with E-state index in [-0.39, 0.29) is 18.3 Å². The number of anilines is 1. The van der Waals surface area contributed by atoms with Crippen molar-refractivity contribution >= 4 is 11.7 Å². The van der Waals surface area contributed by atoms with Crippen LogP contribution in [0.1, 0.15) is 21.5 Å². The molecule has 2 N–H and O–H groups in total. The van der Waals surface area contributed by atoms with Gasteiger partial charge in [-0.2, -0.15) is 0 Å². The second kappa shape index (κ2) is 6.64. The molecule has 0 saturated carbocycles. The number of aliphatic hydroxyl groups is 1. The SMILES string of the molecule is Cc1ccc(C(=O)Nc2ccc(F)cn2)cc1C#CCO. The summed E-state index contributed by atoms with van der Waals surface area (Å²) in [6, 6.07) is 7.67. The van der Waals surface area contributed by atoms with E-state index in [9.17, 15) is 9.18 Å². The molecule has 21 heavy (non-hydrogen) atoms. The average molecular weight is 284 g/mol. The summed E-state index contributed by atoms with van der Waals surface area (Å²) in [5, 5.41) is 11.3. The number of amides is 1. The van der Waals surface area contributed by atoms with E-state index < -0.39 is 5.82 Å². The van der Waals surface area contributed by atoms with Gasteiger partial charge in [-0.25, -0.2) is 9.37 Å². The van der Waals surface area contributed by atoms with Crippen LogP contribution in [0.25, 0.3) is 0 Å². The maximum absolute atomic E-state index is 12.8. The summed E-state index contributed by atoms with van der Waals surface area (Å²) in [6.45, 7) is 1.62. The standard InChI is InChI=1S/C16H13FN2O2/c1-11-4-5-13(9-12(11)3-2-8-20)16(21)19-15-7-6-14(17)10-18-15/h4-7,9-10,20H,8H2,1H3,(H,18,19,21). The number of nitrogens with one attached hydrogen (secondary N) is 1. The highest BCUT2D eigenvalue weighted by atomic mass is 19.1. The zero-order valence-electron chi connectivity index (χ0n) is 11.4. The van der Waals surface area contributed by atoms with E-state index in [1.807, 2.05) is 6.92 Å². The van der Waals surface area contributed by atoms with Gasteiger partial charge in [-0.1, -0.05) is 17.9 Å². The number of rotatable bonds is 2. The van der Waals surface area contributed by atoms with Gasteiger partial charge < -0.3 is 10.4 Å². The number of aryl methyl sites for hydroxylation is 1. The molecule has 0 fully saturated rings. The smallest absolute Gasteiger partial charge is 0.256 e. The van der Waals surface area contributed by atoms with Crippen molar-refractivity contribution in [2.45, 2.75) is 6.92 Å². The molecule has 0 radical (unpaired) electrons. The molecule has 0 atom stereocenters. The molecule has 0 bridgehead atoms. The Bertz CT molecular complexity index is 715. The molecule has 0 aliphatic rings. The fraction of sp³-hybridized carbons (Fsp3) is 0.125. The van der Waals surface area contributed by atoms with E-state index in [0.717, 1.165) is 11.8 Å². The lowest BCUT2D eigenvalue weighted by molar-refractivity contribution is 0.102. The minimum atomic E-state index is -0.468. The van der Waals surface area contributed by atoms with Crippen molar-refractivity contribution in [3.05, 3.63) is 59.0 Å². The number of hydrogen-bond acceptors (Lipinski definition) is 3. The Balaban J connectivity index is 2.21. The molecule has 4 nitrogen and oxygen atoms in total. The molecular formula is C16H13FN2O2. The Hall–Kier alpha value is -2.71. The fourth-order valence-corrected chi connectivity index (χ4v) is 1.67. The normalized spacial score (nSPS) is 9.67. The molecule has 1 aromatic heterocycles. The second-order valence-corrected chi connectivity index (χ2v) is 4.31. The summed E-state index contributed by atoms with van der Waals surface area (Å²) in [7, 11) is 0. The Morgan fingerprint density at radius 3 is 2.86 bits per heavy atom. The van der Waals surface area contributed by atoms with Gasteiger partial charge >= 0.3 is 0 Å². The highest BCUT2D eigenvalue weighted by Gasteiger charge is 2.08. The Kier molecular flexibility index (Phi) is 4.64. The van der Waals surface area contributed by atoms with Crippen LogP contribution >= 0.6 is 0 Å². The molecule has 2 aromatic rings. The first-order chi connectivity index (χ1) is 10.1. The van der Waals surface area contributed by atoms with Crippen LogP contribution in [0.2, 0.25) is 0 Å². The molecule has 5 heteroatoms. The number of nitrogens with zero attached hydrogens (tertiary/aromatic N) is 1. The first kappa shape index (κ1) is 14.7.